The second kappa shape index (κ2) is 7.44. The van der Waals surface area contributed by atoms with E-state index >= 15 is 0 Å². The molecular formula is C17H27NO. The highest BCUT2D eigenvalue weighted by Gasteiger charge is 2.07. The number of benzene rings is 1. The largest absolute Gasteiger partial charge is 0.302 e. The van der Waals surface area contributed by atoms with Crippen LogP contribution in [0, 0.1) is 6.92 Å². The monoisotopic (exact) mass is 261 g/mol. The number of carbonyl (C=O) groups excluding carboxylic acids is 1. The van der Waals surface area contributed by atoms with Crippen molar-refractivity contribution in [2.75, 3.05) is 13.6 Å². The molecule has 0 spiro atoms. The number of hydrogen-bond acceptors (Lipinski definition) is 2. The van der Waals surface area contributed by atoms with Crippen LogP contribution in [0.3, 0.4) is 0 Å². The van der Waals surface area contributed by atoms with Crippen molar-refractivity contribution in [3.63, 3.8) is 0 Å². The fraction of sp³-hybridized carbons (Fsp3) is 0.588. The van der Waals surface area contributed by atoms with Crippen molar-refractivity contribution in [3.05, 3.63) is 34.9 Å². The summed E-state index contributed by atoms with van der Waals surface area (Å²) in [5, 5.41) is 0. The molecule has 2 nitrogen and oxygen atoms in total. The Bertz CT molecular complexity index is 423. The van der Waals surface area contributed by atoms with Crippen molar-refractivity contribution < 1.29 is 4.79 Å². The number of ketones is 1. The van der Waals surface area contributed by atoms with E-state index in [1.807, 2.05) is 0 Å². The normalized spacial score (nSPS) is 11.3. The number of aryl methyl sites for hydroxylation is 1. The van der Waals surface area contributed by atoms with E-state index in [0.29, 0.717) is 12.3 Å². The van der Waals surface area contributed by atoms with Gasteiger partial charge >= 0.3 is 0 Å². The summed E-state index contributed by atoms with van der Waals surface area (Å²) < 4.78 is 0. The molecule has 1 aromatic carbocycles. The van der Waals surface area contributed by atoms with Gasteiger partial charge in [-0.2, -0.15) is 0 Å². The van der Waals surface area contributed by atoms with Crippen LogP contribution in [0.1, 0.15) is 56.2 Å². The molecule has 0 saturated heterocycles. The Morgan fingerprint density at radius 3 is 2.58 bits per heavy atom. The summed E-state index contributed by atoms with van der Waals surface area (Å²) in [6.07, 6.45) is 1.64. The third kappa shape index (κ3) is 5.56. The lowest BCUT2D eigenvalue weighted by atomic mass is 9.97. The molecule has 106 valence electrons. The van der Waals surface area contributed by atoms with Gasteiger partial charge in [0.1, 0.15) is 5.78 Å². The Morgan fingerprint density at radius 1 is 1.32 bits per heavy atom. The molecule has 0 N–H and O–H groups in total. The van der Waals surface area contributed by atoms with Crippen molar-refractivity contribution in [1.29, 1.82) is 0 Å². The van der Waals surface area contributed by atoms with Crippen LogP contribution in [-0.2, 0) is 11.3 Å². The number of carbonyl (C=O) groups is 1. The molecule has 0 amide bonds. The molecule has 0 aromatic heterocycles. The Hall–Kier alpha value is -1.15. The smallest absolute Gasteiger partial charge is 0.129 e. The van der Waals surface area contributed by atoms with Gasteiger partial charge in [-0.15, -0.1) is 0 Å². The summed E-state index contributed by atoms with van der Waals surface area (Å²) in [4.78, 5) is 13.2. The first-order valence-electron chi connectivity index (χ1n) is 7.17. The van der Waals surface area contributed by atoms with Gasteiger partial charge in [-0.05, 0) is 56.5 Å². The predicted molar refractivity (Wildman–Crippen MR) is 81.5 cm³/mol. The predicted octanol–water partition coefficient (Wildman–Crippen LogP) is 3.92. The summed E-state index contributed by atoms with van der Waals surface area (Å²) in [5.41, 5.74) is 4.15. The van der Waals surface area contributed by atoms with E-state index in [9.17, 15) is 4.79 Å². The molecule has 0 unspecified atom stereocenters. The zero-order valence-electron chi connectivity index (χ0n) is 13.0. The van der Waals surface area contributed by atoms with Gasteiger partial charge in [-0.25, -0.2) is 0 Å². The quantitative estimate of drug-likeness (QED) is 0.741. The van der Waals surface area contributed by atoms with Crippen molar-refractivity contribution in [1.82, 2.24) is 4.90 Å². The molecule has 1 rings (SSSR count). The van der Waals surface area contributed by atoms with E-state index in [-0.39, 0.29) is 5.78 Å². The van der Waals surface area contributed by atoms with Crippen LogP contribution in [0.4, 0.5) is 0 Å². The molecule has 0 radical (unpaired) electrons. The Kier molecular flexibility index (Phi) is 6.23. The van der Waals surface area contributed by atoms with Gasteiger partial charge in [0.15, 0.2) is 0 Å². The molecule has 19 heavy (non-hydrogen) atoms. The van der Waals surface area contributed by atoms with Gasteiger partial charge in [0, 0.05) is 13.0 Å². The average molecular weight is 261 g/mol. The first kappa shape index (κ1) is 15.9. The zero-order chi connectivity index (χ0) is 14.4. The number of nitrogens with zero attached hydrogens (tertiary/aromatic N) is 1. The molecule has 0 aliphatic heterocycles. The zero-order valence-corrected chi connectivity index (χ0v) is 13.0. The van der Waals surface area contributed by atoms with Crippen molar-refractivity contribution >= 4 is 5.78 Å². The molecule has 2 heteroatoms. The highest BCUT2D eigenvalue weighted by Crippen LogP contribution is 2.19. The number of hydrogen-bond donors (Lipinski definition) is 0. The molecule has 0 bridgehead atoms. The van der Waals surface area contributed by atoms with E-state index in [4.69, 9.17) is 0 Å². The van der Waals surface area contributed by atoms with Gasteiger partial charge in [-0.3, -0.25) is 0 Å². The Morgan fingerprint density at radius 2 is 2.00 bits per heavy atom. The van der Waals surface area contributed by atoms with Gasteiger partial charge in [-0.1, -0.05) is 32.0 Å². The fourth-order valence-electron chi connectivity index (χ4n) is 2.19. The van der Waals surface area contributed by atoms with Gasteiger partial charge in [0.2, 0.25) is 0 Å². The van der Waals surface area contributed by atoms with Crippen LogP contribution >= 0.6 is 0 Å². The Balaban J connectivity index is 2.60. The van der Waals surface area contributed by atoms with Crippen LogP contribution in [-0.4, -0.2) is 24.3 Å². The van der Waals surface area contributed by atoms with E-state index in [1.165, 1.54) is 16.7 Å². The standard InChI is InChI=1S/C17H27NO/c1-13(2)16-9-8-14(3)17(11-16)12-18(5)10-6-7-15(4)19/h8-9,11,13H,6-7,10,12H2,1-5H3. The number of rotatable bonds is 7. The van der Waals surface area contributed by atoms with E-state index < -0.39 is 0 Å². The van der Waals surface area contributed by atoms with E-state index in [0.717, 1.165) is 19.5 Å². The van der Waals surface area contributed by atoms with Gasteiger partial charge in [0.25, 0.3) is 0 Å². The molecule has 1 aromatic rings. The van der Waals surface area contributed by atoms with Gasteiger partial charge < -0.3 is 9.69 Å². The summed E-state index contributed by atoms with van der Waals surface area (Å²) >= 11 is 0. The fourth-order valence-corrected chi connectivity index (χ4v) is 2.19. The maximum Gasteiger partial charge on any atom is 0.129 e. The summed E-state index contributed by atoms with van der Waals surface area (Å²) in [6.45, 7) is 10.2. The minimum atomic E-state index is 0.284. The lowest BCUT2D eigenvalue weighted by Crippen LogP contribution is -2.20. The third-order valence-corrected chi connectivity index (χ3v) is 3.55. The Labute approximate surface area is 117 Å². The second-order valence-corrected chi connectivity index (χ2v) is 5.88. The van der Waals surface area contributed by atoms with Crippen LogP contribution in [0.15, 0.2) is 18.2 Å². The van der Waals surface area contributed by atoms with Crippen LogP contribution in [0.2, 0.25) is 0 Å². The number of Topliss-reactive ketones (excluding diaryl/α,β-unsaturated/α-hetero) is 1. The lowest BCUT2D eigenvalue weighted by Gasteiger charge is -2.19. The van der Waals surface area contributed by atoms with Crippen molar-refractivity contribution in [3.8, 4) is 0 Å². The first-order valence-corrected chi connectivity index (χ1v) is 7.17. The topological polar surface area (TPSA) is 20.3 Å². The summed E-state index contributed by atoms with van der Waals surface area (Å²) in [5.74, 6) is 0.855. The van der Waals surface area contributed by atoms with Crippen molar-refractivity contribution in [2.45, 2.75) is 53.0 Å². The summed E-state index contributed by atoms with van der Waals surface area (Å²) in [6, 6.07) is 6.76. The first-order chi connectivity index (χ1) is 8.90. The maximum atomic E-state index is 10.9. The van der Waals surface area contributed by atoms with Gasteiger partial charge in [0.05, 0.1) is 0 Å². The van der Waals surface area contributed by atoms with Crippen LogP contribution in [0.25, 0.3) is 0 Å². The molecule has 0 aliphatic rings. The molecule has 0 fully saturated rings. The van der Waals surface area contributed by atoms with Crippen LogP contribution in [0.5, 0.6) is 0 Å². The molecule has 0 aliphatic carbocycles. The van der Waals surface area contributed by atoms with E-state index in [1.54, 1.807) is 6.92 Å². The highest BCUT2D eigenvalue weighted by atomic mass is 16.1. The molecule has 0 heterocycles. The molecule has 0 saturated carbocycles. The SMILES string of the molecule is CC(=O)CCCN(C)Cc1cc(C(C)C)ccc1C. The summed E-state index contributed by atoms with van der Waals surface area (Å²) in [7, 11) is 2.13. The highest BCUT2D eigenvalue weighted by molar-refractivity contribution is 5.75. The van der Waals surface area contributed by atoms with E-state index in [2.05, 4.69) is 50.9 Å². The molecular weight excluding hydrogens is 234 g/mol. The minimum absolute atomic E-state index is 0.284. The maximum absolute atomic E-state index is 10.9. The average Bonchev–Trinajstić information content (AvgIpc) is 2.31. The lowest BCUT2D eigenvalue weighted by molar-refractivity contribution is -0.117. The van der Waals surface area contributed by atoms with Crippen molar-refractivity contribution in [2.24, 2.45) is 0 Å². The molecule has 0 atom stereocenters. The second-order valence-electron chi connectivity index (χ2n) is 5.88. The minimum Gasteiger partial charge on any atom is -0.302 e. The third-order valence-electron chi connectivity index (χ3n) is 3.55. The van der Waals surface area contributed by atoms with Crippen LogP contribution < -0.4 is 0 Å².